The number of carbonyl (C=O) groups is 2. The van der Waals surface area contributed by atoms with Crippen LogP contribution in [0.15, 0.2) is 47.2 Å². The van der Waals surface area contributed by atoms with Gasteiger partial charge < -0.3 is 10.4 Å². The average Bonchev–Trinajstić information content (AvgIpc) is 2.47. The molecule has 1 aromatic carbocycles. The Labute approximate surface area is 130 Å². The third-order valence-electron chi connectivity index (χ3n) is 2.92. The van der Waals surface area contributed by atoms with Gasteiger partial charge in [0.2, 0.25) is 0 Å². The molecule has 0 atom stereocenters. The maximum absolute atomic E-state index is 11.9. The van der Waals surface area contributed by atoms with E-state index in [9.17, 15) is 9.59 Å². The molecule has 0 unspecified atom stereocenters. The van der Waals surface area contributed by atoms with Crippen LogP contribution in [0.5, 0.6) is 0 Å². The van der Waals surface area contributed by atoms with Crippen LogP contribution in [0.3, 0.4) is 0 Å². The molecule has 0 aliphatic rings. The molecule has 0 bridgehead atoms. The van der Waals surface area contributed by atoms with Crippen LogP contribution < -0.4 is 5.32 Å². The second kappa shape index (κ2) is 6.99. The first-order valence-electron chi connectivity index (χ1n) is 6.29. The third kappa shape index (κ3) is 4.13. The van der Waals surface area contributed by atoms with Crippen molar-refractivity contribution in [1.82, 2.24) is 10.3 Å². The second-order valence-electron chi connectivity index (χ2n) is 4.34. The number of benzene rings is 1. The fourth-order valence-corrected chi connectivity index (χ4v) is 2.27. The summed E-state index contributed by atoms with van der Waals surface area (Å²) in [6.07, 6.45) is 2.00. The van der Waals surface area contributed by atoms with E-state index in [2.05, 4.69) is 26.2 Å². The number of aromatic carboxylic acids is 1. The fourth-order valence-electron chi connectivity index (χ4n) is 1.90. The van der Waals surface area contributed by atoms with Crippen molar-refractivity contribution >= 4 is 27.8 Å². The van der Waals surface area contributed by atoms with Crippen molar-refractivity contribution in [3.63, 3.8) is 0 Å². The number of hydrogen-bond acceptors (Lipinski definition) is 3. The van der Waals surface area contributed by atoms with E-state index in [1.54, 1.807) is 42.6 Å². The number of amides is 1. The van der Waals surface area contributed by atoms with Gasteiger partial charge in [-0.1, -0.05) is 18.2 Å². The van der Waals surface area contributed by atoms with Crippen LogP contribution in [0, 0.1) is 0 Å². The van der Waals surface area contributed by atoms with E-state index >= 15 is 0 Å². The summed E-state index contributed by atoms with van der Waals surface area (Å²) in [6, 6.07) is 10.0. The van der Waals surface area contributed by atoms with Gasteiger partial charge in [-0.2, -0.15) is 0 Å². The van der Waals surface area contributed by atoms with Gasteiger partial charge in [0.15, 0.2) is 0 Å². The average molecular weight is 349 g/mol. The number of aromatic nitrogens is 1. The van der Waals surface area contributed by atoms with Gasteiger partial charge in [0.1, 0.15) is 4.60 Å². The van der Waals surface area contributed by atoms with Gasteiger partial charge in [-0.15, -0.1) is 0 Å². The Morgan fingerprint density at radius 2 is 2.00 bits per heavy atom. The first-order chi connectivity index (χ1) is 10.1. The lowest BCUT2D eigenvalue weighted by atomic mass is 10.0. The van der Waals surface area contributed by atoms with Crippen molar-refractivity contribution in [1.29, 1.82) is 0 Å². The van der Waals surface area contributed by atoms with Crippen molar-refractivity contribution in [3.05, 3.63) is 63.9 Å². The van der Waals surface area contributed by atoms with Crippen molar-refractivity contribution in [2.24, 2.45) is 0 Å². The summed E-state index contributed by atoms with van der Waals surface area (Å²) in [4.78, 5) is 27.0. The molecule has 0 spiro atoms. The number of nitrogens with zero attached hydrogens (tertiary/aromatic N) is 1. The van der Waals surface area contributed by atoms with E-state index in [0.29, 0.717) is 28.7 Å². The molecule has 0 saturated heterocycles. The summed E-state index contributed by atoms with van der Waals surface area (Å²) in [5.74, 6) is -1.18. The Balaban J connectivity index is 1.96. The standard InChI is InChI=1S/C15H13BrN2O3/c16-13-9-11(6-7-17-13)14(19)18-8-5-10-3-1-2-4-12(10)15(20)21/h1-4,6-7,9H,5,8H2,(H,18,19)(H,20,21). The summed E-state index contributed by atoms with van der Waals surface area (Å²) in [6.45, 7) is 0.364. The van der Waals surface area contributed by atoms with Crippen LogP contribution in [-0.4, -0.2) is 28.5 Å². The molecule has 0 aliphatic heterocycles. The summed E-state index contributed by atoms with van der Waals surface area (Å²) in [5, 5.41) is 11.8. The quantitative estimate of drug-likeness (QED) is 0.813. The molecule has 0 radical (unpaired) electrons. The highest BCUT2D eigenvalue weighted by Crippen LogP contribution is 2.10. The number of halogens is 1. The molecule has 2 rings (SSSR count). The molecular formula is C15H13BrN2O3. The second-order valence-corrected chi connectivity index (χ2v) is 5.15. The van der Waals surface area contributed by atoms with Crippen LogP contribution in [0.2, 0.25) is 0 Å². The molecule has 0 saturated carbocycles. The lowest BCUT2D eigenvalue weighted by molar-refractivity contribution is 0.0695. The molecule has 5 nitrogen and oxygen atoms in total. The Bertz CT molecular complexity index is 673. The number of pyridine rings is 1. The Morgan fingerprint density at radius 1 is 1.24 bits per heavy atom. The highest BCUT2D eigenvalue weighted by Gasteiger charge is 2.10. The van der Waals surface area contributed by atoms with E-state index < -0.39 is 5.97 Å². The van der Waals surface area contributed by atoms with Gasteiger partial charge in [0.25, 0.3) is 5.91 Å². The van der Waals surface area contributed by atoms with Crippen LogP contribution in [0.1, 0.15) is 26.3 Å². The van der Waals surface area contributed by atoms with E-state index in [1.165, 1.54) is 0 Å². The number of hydrogen-bond donors (Lipinski definition) is 2. The van der Waals surface area contributed by atoms with Gasteiger partial charge in [0.05, 0.1) is 5.56 Å². The zero-order valence-electron chi connectivity index (χ0n) is 11.0. The topological polar surface area (TPSA) is 79.3 Å². The number of rotatable bonds is 5. The lowest BCUT2D eigenvalue weighted by Gasteiger charge is -2.07. The first-order valence-corrected chi connectivity index (χ1v) is 7.08. The smallest absolute Gasteiger partial charge is 0.335 e. The highest BCUT2D eigenvalue weighted by atomic mass is 79.9. The Hall–Kier alpha value is -2.21. The highest BCUT2D eigenvalue weighted by molar-refractivity contribution is 9.10. The molecule has 0 fully saturated rings. The van der Waals surface area contributed by atoms with Crippen LogP contribution in [0.25, 0.3) is 0 Å². The minimum absolute atomic E-state index is 0.217. The van der Waals surface area contributed by atoms with Gasteiger partial charge in [-0.25, -0.2) is 9.78 Å². The minimum Gasteiger partial charge on any atom is -0.478 e. The molecule has 108 valence electrons. The zero-order chi connectivity index (χ0) is 15.2. The van der Waals surface area contributed by atoms with Crippen LogP contribution >= 0.6 is 15.9 Å². The predicted molar refractivity (Wildman–Crippen MR) is 81.4 cm³/mol. The van der Waals surface area contributed by atoms with Gasteiger partial charge in [0, 0.05) is 18.3 Å². The molecule has 0 aliphatic carbocycles. The largest absolute Gasteiger partial charge is 0.478 e. The Morgan fingerprint density at radius 3 is 2.71 bits per heavy atom. The molecule has 1 aromatic heterocycles. The molecule has 1 heterocycles. The van der Waals surface area contributed by atoms with E-state index in [1.807, 2.05) is 0 Å². The van der Waals surface area contributed by atoms with Gasteiger partial charge in [-0.05, 0) is 46.1 Å². The normalized spacial score (nSPS) is 10.1. The molecule has 2 N–H and O–H groups in total. The molecule has 21 heavy (non-hydrogen) atoms. The number of carboxylic acids is 1. The number of carbonyl (C=O) groups excluding carboxylic acids is 1. The number of nitrogens with one attached hydrogen (secondary N) is 1. The van der Waals surface area contributed by atoms with E-state index in [4.69, 9.17) is 5.11 Å². The van der Waals surface area contributed by atoms with Crippen molar-refractivity contribution in [3.8, 4) is 0 Å². The molecule has 1 amide bonds. The number of carboxylic acid groups (broad SMARTS) is 1. The van der Waals surface area contributed by atoms with Crippen molar-refractivity contribution in [2.75, 3.05) is 6.54 Å². The maximum atomic E-state index is 11.9. The van der Waals surface area contributed by atoms with Gasteiger partial charge >= 0.3 is 5.97 Å². The SMILES string of the molecule is O=C(NCCc1ccccc1C(=O)O)c1ccnc(Br)c1. The van der Waals surface area contributed by atoms with Gasteiger partial charge in [-0.3, -0.25) is 4.79 Å². The van der Waals surface area contributed by atoms with Crippen LogP contribution in [-0.2, 0) is 6.42 Å². The summed E-state index contributed by atoms with van der Waals surface area (Å²) in [7, 11) is 0. The van der Waals surface area contributed by atoms with E-state index in [0.717, 1.165) is 0 Å². The third-order valence-corrected chi connectivity index (χ3v) is 3.35. The minimum atomic E-state index is -0.963. The van der Waals surface area contributed by atoms with E-state index in [-0.39, 0.29) is 11.5 Å². The first kappa shape index (κ1) is 15.2. The predicted octanol–water partition coefficient (Wildman–Crippen LogP) is 2.51. The fraction of sp³-hybridized carbons (Fsp3) is 0.133. The molecular weight excluding hydrogens is 336 g/mol. The zero-order valence-corrected chi connectivity index (χ0v) is 12.6. The van der Waals surface area contributed by atoms with Crippen molar-refractivity contribution < 1.29 is 14.7 Å². The monoisotopic (exact) mass is 348 g/mol. The Kier molecular flexibility index (Phi) is 5.05. The maximum Gasteiger partial charge on any atom is 0.335 e. The molecule has 2 aromatic rings. The van der Waals surface area contributed by atoms with Crippen molar-refractivity contribution in [2.45, 2.75) is 6.42 Å². The van der Waals surface area contributed by atoms with Crippen LogP contribution in [0.4, 0.5) is 0 Å². The lowest BCUT2D eigenvalue weighted by Crippen LogP contribution is -2.26. The molecule has 6 heteroatoms. The summed E-state index contributed by atoms with van der Waals surface area (Å²) < 4.78 is 0.589. The summed E-state index contributed by atoms with van der Waals surface area (Å²) in [5.41, 5.74) is 1.46. The summed E-state index contributed by atoms with van der Waals surface area (Å²) >= 11 is 3.20.